The number of halogens is 1. The van der Waals surface area contributed by atoms with Gasteiger partial charge in [-0.25, -0.2) is 4.98 Å². The number of aromatic amines is 1. The molecule has 9 heteroatoms. The van der Waals surface area contributed by atoms with Crippen LogP contribution in [0.3, 0.4) is 0 Å². The fraction of sp³-hybridized carbons (Fsp3) is 0.240. The molecular weight excluding hydrogens is 516 g/mol. The van der Waals surface area contributed by atoms with Gasteiger partial charge in [-0.15, -0.1) is 11.3 Å². The third-order valence-electron chi connectivity index (χ3n) is 6.13. The lowest BCUT2D eigenvalue weighted by atomic mass is 9.89. The lowest BCUT2D eigenvalue weighted by Crippen LogP contribution is -2.23. The molecule has 0 amide bonds. The van der Waals surface area contributed by atoms with E-state index >= 15 is 0 Å². The number of carbonyl (C=O) groups excluding carboxylic acids is 1. The molecule has 0 fully saturated rings. The minimum absolute atomic E-state index is 0.0249. The van der Waals surface area contributed by atoms with E-state index in [1.165, 1.54) is 34.2 Å². The van der Waals surface area contributed by atoms with Crippen molar-refractivity contribution in [2.75, 3.05) is 0 Å². The van der Waals surface area contributed by atoms with Gasteiger partial charge >= 0.3 is 0 Å². The molecule has 0 aliphatic heterocycles. The van der Waals surface area contributed by atoms with Gasteiger partial charge in [0.15, 0.2) is 11.7 Å². The molecule has 0 saturated heterocycles. The number of H-pyrrole nitrogens is 1. The van der Waals surface area contributed by atoms with E-state index < -0.39 is 11.7 Å². The van der Waals surface area contributed by atoms with Crippen LogP contribution in [0.4, 0.5) is 0 Å². The molecule has 1 aliphatic rings. The summed E-state index contributed by atoms with van der Waals surface area (Å²) in [5, 5.41) is 10.4. The summed E-state index contributed by atoms with van der Waals surface area (Å²) in [7, 11) is 0. The Bertz CT molecular complexity index is 1610. The van der Waals surface area contributed by atoms with Gasteiger partial charge in [-0.3, -0.25) is 19.0 Å². The zero-order valence-corrected chi connectivity index (χ0v) is 20.6. The van der Waals surface area contributed by atoms with Crippen LogP contribution in [0, 0.1) is 17.2 Å². The van der Waals surface area contributed by atoms with Crippen LogP contribution < -0.4 is 11.1 Å². The molecule has 2 unspecified atom stereocenters. The molecule has 5 rings (SSSR count). The molecule has 1 N–H and O–H groups in total. The Balaban J connectivity index is 1.56. The fourth-order valence-electron chi connectivity index (χ4n) is 4.37. The van der Waals surface area contributed by atoms with Crippen LogP contribution in [-0.4, -0.2) is 20.3 Å². The number of rotatable bonds is 4. The van der Waals surface area contributed by atoms with Crippen molar-refractivity contribution in [3.63, 3.8) is 0 Å². The molecule has 7 nitrogen and oxygen atoms in total. The number of aromatic nitrogens is 3. The average molecular weight is 535 g/mol. The minimum atomic E-state index is -1.30. The Morgan fingerprint density at radius 3 is 2.91 bits per heavy atom. The quantitative estimate of drug-likeness (QED) is 0.387. The van der Waals surface area contributed by atoms with Crippen molar-refractivity contribution in [2.24, 2.45) is 5.92 Å². The van der Waals surface area contributed by atoms with E-state index in [4.69, 9.17) is 0 Å². The summed E-state index contributed by atoms with van der Waals surface area (Å²) in [6.07, 6.45) is 4.17. The number of carbonyl (C=O) groups is 1. The highest BCUT2D eigenvalue weighted by molar-refractivity contribution is 9.10. The second kappa shape index (κ2) is 8.78. The maximum absolute atomic E-state index is 13.3. The Labute approximate surface area is 206 Å². The summed E-state index contributed by atoms with van der Waals surface area (Å²) in [5.74, 6) is -1.27. The molecule has 2 atom stereocenters. The lowest BCUT2D eigenvalue weighted by Gasteiger charge is -2.17. The van der Waals surface area contributed by atoms with Crippen LogP contribution >= 0.6 is 27.3 Å². The SMILES string of the molecule is CC1CCc2c(sc3nc(C(C#N)C(=O)c4ccc(=O)n(-c5cccc(Br)c5)c4)[nH]c(=O)c23)C1. The number of Topliss-reactive ketones (excluding diaryl/α,β-unsaturated/α-hetero) is 1. The number of benzene rings is 1. The van der Waals surface area contributed by atoms with E-state index in [1.54, 1.807) is 18.2 Å². The van der Waals surface area contributed by atoms with Crippen molar-refractivity contribution in [3.05, 3.63) is 89.6 Å². The molecule has 3 heterocycles. The van der Waals surface area contributed by atoms with E-state index in [0.29, 0.717) is 21.8 Å². The lowest BCUT2D eigenvalue weighted by molar-refractivity contribution is 0.0975. The van der Waals surface area contributed by atoms with Crippen molar-refractivity contribution in [3.8, 4) is 11.8 Å². The second-order valence-electron chi connectivity index (χ2n) is 8.52. The highest BCUT2D eigenvalue weighted by Crippen LogP contribution is 2.36. The van der Waals surface area contributed by atoms with E-state index in [1.807, 2.05) is 12.1 Å². The first-order valence-corrected chi connectivity index (χ1v) is 12.4. The van der Waals surface area contributed by atoms with Crippen LogP contribution in [0.25, 0.3) is 15.9 Å². The Hall–Kier alpha value is -3.35. The highest BCUT2D eigenvalue weighted by Gasteiger charge is 2.28. The predicted octanol–water partition coefficient (Wildman–Crippen LogP) is 4.51. The van der Waals surface area contributed by atoms with Crippen LogP contribution in [-0.2, 0) is 12.8 Å². The van der Waals surface area contributed by atoms with Crippen molar-refractivity contribution in [2.45, 2.75) is 32.1 Å². The number of aryl methyl sites for hydroxylation is 1. The first kappa shape index (κ1) is 22.4. The zero-order valence-electron chi connectivity index (χ0n) is 18.2. The topological polar surface area (TPSA) is 109 Å². The van der Waals surface area contributed by atoms with Crippen LogP contribution in [0.2, 0.25) is 0 Å². The van der Waals surface area contributed by atoms with Gasteiger partial charge in [-0.05, 0) is 55.0 Å². The normalized spacial score (nSPS) is 16.1. The van der Waals surface area contributed by atoms with Gasteiger partial charge in [0.25, 0.3) is 11.1 Å². The van der Waals surface area contributed by atoms with Gasteiger partial charge in [0.1, 0.15) is 10.7 Å². The first-order chi connectivity index (χ1) is 16.4. The molecule has 0 spiro atoms. The largest absolute Gasteiger partial charge is 0.308 e. The van der Waals surface area contributed by atoms with E-state index in [0.717, 1.165) is 34.2 Å². The molecule has 4 aromatic rings. The summed E-state index contributed by atoms with van der Waals surface area (Å²) in [4.78, 5) is 47.6. The zero-order chi connectivity index (χ0) is 24.0. The maximum atomic E-state index is 13.3. The first-order valence-electron chi connectivity index (χ1n) is 10.8. The van der Waals surface area contributed by atoms with Gasteiger partial charge < -0.3 is 4.98 Å². The van der Waals surface area contributed by atoms with Crippen molar-refractivity contribution in [1.82, 2.24) is 14.5 Å². The average Bonchev–Trinajstić information content (AvgIpc) is 3.17. The van der Waals surface area contributed by atoms with Gasteiger partial charge in [0, 0.05) is 32.9 Å². The molecule has 170 valence electrons. The minimum Gasteiger partial charge on any atom is -0.308 e. The number of fused-ring (bicyclic) bond motifs is 3. The van der Waals surface area contributed by atoms with E-state index in [-0.39, 0.29) is 22.5 Å². The highest BCUT2D eigenvalue weighted by atomic mass is 79.9. The summed E-state index contributed by atoms with van der Waals surface area (Å²) in [5.41, 5.74) is 1.16. The molecule has 0 radical (unpaired) electrons. The number of nitrogens with one attached hydrogen (secondary N) is 1. The van der Waals surface area contributed by atoms with Gasteiger partial charge in [-0.2, -0.15) is 5.26 Å². The van der Waals surface area contributed by atoms with Crippen LogP contribution in [0.5, 0.6) is 0 Å². The summed E-state index contributed by atoms with van der Waals surface area (Å²) >= 11 is 4.85. The molecule has 1 aromatic carbocycles. The molecular formula is C25H19BrN4O3S. The summed E-state index contributed by atoms with van der Waals surface area (Å²) < 4.78 is 2.13. The number of nitriles is 1. The van der Waals surface area contributed by atoms with E-state index in [2.05, 4.69) is 32.8 Å². The molecule has 1 aliphatic carbocycles. The molecule has 3 aromatic heterocycles. The number of hydrogen-bond acceptors (Lipinski definition) is 6. The Morgan fingerprint density at radius 2 is 2.15 bits per heavy atom. The molecule has 0 saturated carbocycles. The summed E-state index contributed by atoms with van der Waals surface area (Å²) in [6, 6.07) is 11.8. The number of hydrogen-bond donors (Lipinski definition) is 1. The molecule has 34 heavy (non-hydrogen) atoms. The van der Waals surface area contributed by atoms with Gasteiger partial charge in [0.2, 0.25) is 0 Å². The number of thiophene rings is 1. The second-order valence-corrected chi connectivity index (χ2v) is 10.5. The number of ketones is 1. The Morgan fingerprint density at radius 1 is 1.32 bits per heavy atom. The third kappa shape index (κ3) is 3.93. The molecule has 0 bridgehead atoms. The van der Waals surface area contributed by atoms with Gasteiger partial charge in [0.05, 0.1) is 11.5 Å². The standard InChI is InChI=1S/C25H19BrN4O3S/c1-13-5-7-17-19(9-13)34-25-21(17)24(33)28-23(29-25)18(11-27)22(32)14-6-8-20(31)30(12-14)16-4-2-3-15(26)10-16/h2-4,6,8,10,12-13,18H,5,7,9H2,1H3,(H,28,29,33). The number of pyridine rings is 1. The Kier molecular flexibility index (Phi) is 5.80. The summed E-state index contributed by atoms with van der Waals surface area (Å²) in [6.45, 7) is 2.19. The monoisotopic (exact) mass is 534 g/mol. The van der Waals surface area contributed by atoms with Crippen LogP contribution in [0.1, 0.15) is 45.9 Å². The smallest absolute Gasteiger partial charge is 0.259 e. The fourth-order valence-corrected chi connectivity index (χ4v) is 6.15. The van der Waals surface area contributed by atoms with Crippen molar-refractivity contribution in [1.29, 1.82) is 5.26 Å². The van der Waals surface area contributed by atoms with Crippen molar-refractivity contribution >= 4 is 43.3 Å². The third-order valence-corrected chi connectivity index (χ3v) is 7.77. The van der Waals surface area contributed by atoms with E-state index in [9.17, 15) is 19.6 Å². The van der Waals surface area contributed by atoms with Gasteiger partial charge in [-0.1, -0.05) is 28.9 Å². The predicted molar refractivity (Wildman–Crippen MR) is 134 cm³/mol. The van der Waals surface area contributed by atoms with Crippen LogP contribution in [0.15, 0.2) is 56.7 Å². The maximum Gasteiger partial charge on any atom is 0.259 e. The van der Waals surface area contributed by atoms with Crippen molar-refractivity contribution < 1.29 is 4.79 Å². The number of nitrogens with zero attached hydrogens (tertiary/aromatic N) is 3.